The first kappa shape index (κ1) is 13.1. The first-order valence-electron chi connectivity index (χ1n) is 7.49. The van der Waals surface area contributed by atoms with Crippen molar-refractivity contribution in [1.82, 2.24) is 4.98 Å². The third-order valence-corrected chi connectivity index (χ3v) is 4.49. The molecule has 0 saturated carbocycles. The molecule has 2 N–H and O–H groups in total. The second-order valence-electron chi connectivity index (χ2n) is 5.97. The quantitative estimate of drug-likeness (QED) is 0.782. The molecule has 4 heteroatoms. The fraction of sp³-hybridized carbons (Fsp3) is 0.222. The number of anilines is 1. The van der Waals surface area contributed by atoms with Crippen LogP contribution in [0.4, 0.5) is 5.69 Å². The highest BCUT2D eigenvalue weighted by molar-refractivity contribution is 6.07. The molecular weight excluding hydrogens is 276 g/mol. The largest absolute Gasteiger partial charge is 0.353 e. The summed E-state index contributed by atoms with van der Waals surface area (Å²) in [6.45, 7) is 2.06. The Labute approximate surface area is 127 Å². The van der Waals surface area contributed by atoms with Gasteiger partial charge in [0.05, 0.1) is 5.92 Å². The van der Waals surface area contributed by atoms with Gasteiger partial charge in [-0.05, 0) is 38.0 Å². The lowest BCUT2D eigenvalue weighted by Gasteiger charge is -2.26. The van der Waals surface area contributed by atoms with Gasteiger partial charge in [-0.3, -0.25) is 9.59 Å². The lowest BCUT2D eigenvalue weighted by molar-refractivity contribution is 0.0927. The number of ketones is 1. The van der Waals surface area contributed by atoms with E-state index in [9.17, 15) is 9.59 Å². The smallest absolute Gasteiger partial charge is 0.213 e. The minimum atomic E-state index is -0.196. The number of nitrogens with one attached hydrogen (secondary N) is 2. The maximum atomic E-state index is 12.8. The second kappa shape index (κ2) is 4.70. The summed E-state index contributed by atoms with van der Waals surface area (Å²) < 4.78 is 0. The number of allylic oxidation sites excluding steroid dienone is 4. The first-order chi connectivity index (χ1) is 10.6. The molecule has 1 aliphatic heterocycles. The summed E-state index contributed by atoms with van der Waals surface area (Å²) in [5, 5.41) is 3.80. The highest BCUT2D eigenvalue weighted by Crippen LogP contribution is 2.34. The van der Waals surface area contributed by atoms with E-state index in [2.05, 4.69) is 17.2 Å². The third kappa shape index (κ3) is 1.84. The molecule has 1 unspecified atom stereocenters. The molecule has 0 spiro atoms. The number of fused-ring (bicyclic) bond motifs is 3. The molecule has 0 bridgehead atoms. The van der Waals surface area contributed by atoms with Gasteiger partial charge in [0.25, 0.3) is 0 Å². The van der Waals surface area contributed by atoms with Crippen LogP contribution in [-0.4, -0.2) is 10.8 Å². The van der Waals surface area contributed by atoms with Gasteiger partial charge in [0.15, 0.2) is 5.78 Å². The van der Waals surface area contributed by atoms with Crippen LogP contribution in [0.5, 0.6) is 0 Å². The zero-order chi connectivity index (χ0) is 15.3. The standard InChI is InChI=1S/C18H16N2O2/c1-10-6-8-12-14(9-7-10)20-15-16(18(12)22)19-13-5-3-2-4-11(13)17(15)21/h2-5,7,9,12,20H,6,8H2,1H3,(H,19,21). The maximum absolute atomic E-state index is 12.8. The fourth-order valence-corrected chi connectivity index (χ4v) is 3.22. The molecule has 1 atom stereocenters. The number of carbonyl (C=O) groups is 1. The fourth-order valence-electron chi connectivity index (χ4n) is 3.22. The van der Waals surface area contributed by atoms with Crippen molar-refractivity contribution in [3.8, 4) is 0 Å². The topological polar surface area (TPSA) is 62.0 Å². The normalized spacial score (nSPS) is 20.4. The van der Waals surface area contributed by atoms with E-state index < -0.39 is 0 Å². The Morgan fingerprint density at radius 3 is 2.82 bits per heavy atom. The number of aromatic nitrogens is 1. The molecular formula is C18H16N2O2. The Kier molecular flexibility index (Phi) is 2.79. The van der Waals surface area contributed by atoms with Gasteiger partial charge in [-0.2, -0.15) is 0 Å². The summed E-state index contributed by atoms with van der Waals surface area (Å²) in [5.41, 5.74) is 3.44. The Hall–Kier alpha value is -2.62. The molecule has 0 radical (unpaired) electrons. The van der Waals surface area contributed by atoms with Crippen molar-refractivity contribution in [2.75, 3.05) is 5.32 Å². The Bertz CT molecular complexity index is 918. The molecule has 110 valence electrons. The molecule has 0 fully saturated rings. The van der Waals surface area contributed by atoms with E-state index in [1.54, 1.807) is 6.07 Å². The Morgan fingerprint density at radius 1 is 1.14 bits per heavy atom. The van der Waals surface area contributed by atoms with Gasteiger partial charge in [0.1, 0.15) is 11.4 Å². The molecule has 2 heterocycles. The van der Waals surface area contributed by atoms with Crippen LogP contribution < -0.4 is 10.7 Å². The van der Waals surface area contributed by atoms with Crippen LogP contribution in [0, 0.1) is 5.92 Å². The summed E-state index contributed by atoms with van der Waals surface area (Å²) in [6.07, 6.45) is 5.62. The highest BCUT2D eigenvalue weighted by atomic mass is 16.1. The summed E-state index contributed by atoms with van der Waals surface area (Å²) >= 11 is 0. The van der Waals surface area contributed by atoms with Gasteiger partial charge >= 0.3 is 0 Å². The lowest BCUT2D eigenvalue weighted by atomic mass is 9.88. The van der Waals surface area contributed by atoms with Crippen LogP contribution >= 0.6 is 0 Å². The van der Waals surface area contributed by atoms with Gasteiger partial charge in [-0.25, -0.2) is 0 Å². The summed E-state index contributed by atoms with van der Waals surface area (Å²) in [6, 6.07) is 7.29. The number of para-hydroxylation sites is 1. The lowest BCUT2D eigenvalue weighted by Crippen LogP contribution is -2.32. The van der Waals surface area contributed by atoms with Crippen LogP contribution in [0.2, 0.25) is 0 Å². The zero-order valence-electron chi connectivity index (χ0n) is 12.3. The minimum Gasteiger partial charge on any atom is -0.353 e. The molecule has 1 aromatic carbocycles. The van der Waals surface area contributed by atoms with Crippen molar-refractivity contribution >= 4 is 22.4 Å². The van der Waals surface area contributed by atoms with E-state index in [-0.39, 0.29) is 17.1 Å². The Morgan fingerprint density at radius 2 is 1.95 bits per heavy atom. The average molecular weight is 292 g/mol. The van der Waals surface area contributed by atoms with Crippen molar-refractivity contribution in [2.24, 2.45) is 5.92 Å². The molecule has 0 saturated heterocycles. The van der Waals surface area contributed by atoms with Crippen LogP contribution in [-0.2, 0) is 0 Å². The molecule has 0 amide bonds. The van der Waals surface area contributed by atoms with Gasteiger partial charge in [0, 0.05) is 16.6 Å². The van der Waals surface area contributed by atoms with E-state index in [0.717, 1.165) is 18.5 Å². The highest BCUT2D eigenvalue weighted by Gasteiger charge is 2.34. The third-order valence-electron chi connectivity index (χ3n) is 4.49. The van der Waals surface area contributed by atoms with Gasteiger partial charge < -0.3 is 10.3 Å². The molecule has 1 aromatic heterocycles. The molecule has 4 rings (SSSR count). The number of rotatable bonds is 0. The van der Waals surface area contributed by atoms with E-state index in [0.29, 0.717) is 22.3 Å². The number of hydrogen-bond acceptors (Lipinski definition) is 3. The molecule has 2 aliphatic rings. The van der Waals surface area contributed by atoms with Crippen molar-refractivity contribution in [3.05, 3.63) is 63.6 Å². The van der Waals surface area contributed by atoms with Crippen LogP contribution in [0.15, 0.2) is 52.5 Å². The van der Waals surface area contributed by atoms with E-state index in [4.69, 9.17) is 0 Å². The van der Waals surface area contributed by atoms with Crippen molar-refractivity contribution < 1.29 is 4.79 Å². The number of H-pyrrole nitrogens is 1. The number of carbonyl (C=O) groups excluding carboxylic acids is 1. The second-order valence-corrected chi connectivity index (χ2v) is 5.97. The van der Waals surface area contributed by atoms with Crippen molar-refractivity contribution in [1.29, 1.82) is 0 Å². The van der Waals surface area contributed by atoms with E-state index in [1.165, 1.54) is 5.57 Å². The summed E-state index contributed by atoms with van der Waals surface area (Å²) in [7, 11) is 0. The first-order valence-corrected chi connectivity index (χ1v) is 7.49. The number of pyridine rings is 1. The van der Waals surface area contributed by atoms with Crippen molar-refractivity contribution in [3.63, 3.8) is 0 Å². The van der Waals surface area contributed by atoms with Gasteiger partial charge in [0.2, 0.25) is 5.43 Å². The van der Waals surface area contributed by atoms with Crippen LogP contribution in [0.25, 0.3) is 10.9 Å². The monoisotopic (exact) mass is 292 g/mol. The Balaban J connectivity index is 1.96. The number of aromatic amines is 1. The number of benzene rings is 1. The van der Waals surface area contributed by atoms with Crippen LogP contribution in [0.1, 0.15) is 30.3 Å². The molecule has 4 nitrogen and oxygen atoms in total. The number of hydrogen-bond donors (Lipinski definition) is 2. The molecule has 1 aliphatic carbocycles. The summed E-state index contributed by atoms with van der Waals surface area (Å²) in [4.78, 5) is 28.6. The van der Waals surface area contributed by atoms with Gasteiger partial charge in [-0.1, -0.05) is 23.8 Å². The average Bonchev–Trinajstić information content (AvgIpc) is 2.71. The predicted octanol–water partition coefficient (Wildman–Crippen LogP) is 3.38. The number of Topliss-reactive ketones (excluding diaryl/α,β-unsaturated/α-hetero) is 1. The molecule has 22 heavy (non-hydrogen) atoms. The van der Waals surface area contributed by atoms with Crippen LogP contribution in [0.3, 0.4) is 0 Å². The van der Waals surface area contributed by atoms with Gasteiger partial charge in [-0.15, -0.1) is 0 Å². The minimum absolute atomic E-state index is 0.00551. The van der Waals surface area contributed by atoms with Crippen molar-refractivity contribution in [2.45, 2.75) is 19.8 Å². The SMILES string of the molecule is CC1=CC=C2Nc3c([nH]c4ccccc4c3=O)C(=O)C2CC1. The van der Waals surface area contributed by atoms with E-state index in [1.807, 2.05) is 30.4 Å². The predicted molar refractivity (Wildman–Crippen MR) is 87.1 cm³/mol. The molecule has 2 aromatic rings. The summed E-state index contributed by atoms with van der Waals surface area (Å²) in [5.74, 6) is -0.191. The van der Waals surface area contributed by atoms with E-state index >= 15 is 0 Å². The zero-order valence-corrected chi connectivity index (χ0v) is 12.3. The maximum Gasteiger partial charge on any atom is 0.213 e.